The van der Waals surface area contributed by atoms with Crippen LogP contribution in [0.5, 0.6) is 0 Å². The number of anilines is 1. The second-order valence-electron chi connectivity index (χ2n) is 7.00. The third kappa shape index (κ3) is 4.49. The van der Waals surface area contributed by atoms with Gasteiger partial charge < -0.3 is 19.1 Å². The number of hydrogen-bond donors (Lipinski definition) is 0. The highest BCUT2D eigenvalue weighted by Crippen LogP contribution is 2.16. The molecule has 1 saturated heterocycles. The van der Waals surface area contributed by atoms with Crippen LogP contribution in [0, 0.1) is 6.92 Å². The number of aromatic nitrogens is 2. The van der Waals surface area contributed by atoms with Gasteiger partial charge in [-0.1, -0.05) is 13.3 Å². The van der Waals surface area contributed by atoms with Crippen molar-refractivity contribution in [2.75, 3.05) is 44.7 Å². The highest BCUT2D eigenvalue weighted by atomic mass is 16.3. The highest BCUT2D eigenvalue weighted by molar-refractivity contribution is 5.94. The largest absolute Gasteiger partial charge is 0.459 e. The summed E-state index contributed by atoms with van der Waals surface area (Å²) in [4.78, 5) is 39.6. The molecule has 3 heterocycles. The summed E-state index contributed by atoms with van der Waals surface area (Å²) in [6, 6.07) is 5.10. The third-order valence-electron chi connectivity index (χ3n) is 4.87. The zero-order valence-electron chi connectivity index (χ0n) is 16.7. The number of furan rings is 1. The van der Waals surface area contributed by atoms with Crippen LogP contribution in [0.2, 0.25) is 0 Å². The van der Waals surface area contributed by atoms with Crippen molar-refractivity contribution in [1.82, 2.24) is 19.8 Å². The van der Waals surface area contributed by atoms with E-state index < -0.39 is 0 Å². The number of amides is 2. The second kappa shape index (κ2) is 8.86. The number of piperazine rings is 1. The molecule has 0 saturated carbocycles. The molecular formula is C20H27N5O3. The van der Waals surface area contributed by atoms with Gasteiger partial charge >= 0.3 is 0 Å². The Balaban J connectivity index is 1.65. The number of carbonyl (C=O) groups excluding carboxylic acids is 2. The summed E-state index contributed by atoms with van der Waals surface area (Å²) in [5.74, 6) is 1.40. The molecule has 0 bridgehead atoms. The lowest BCUT2D eigenvalue weighted by molar-refractivity contribution is 0.0515. The molecule has 1 aliphatic heterocycles. The maximum absolute atomic E-state index is 12.9. The van der Waals surface area contributed by atoms with Crippen molar-refractivity contribution in [2.45, 2.75) is 26.7 Å². The molecular weight excluding hydrogens is 358 g/mol. The Bertz CT molecular complexity index is 813. The molecule has 0 spiro atoms. The topological polar surface area (TPSA) is 82.8 Å². The highest BCUT2D eigenvalue weighted by Gasteiger charge is 2.27. The molecule has 0 aliphatic carbocycles. The number of nitrogens with zero attached hydrogens (tertiary/aromatic N) is 5. The van der Waals surface area contributed by atoms with Gasteiger partial charge in [0.15, 0.2) is 5.76 Å². The zero-order valence-corrected chi connectivity index (χ0v) is 16.7. The van der Waals surface area contributed by atoms with E-state index in [1.165, 1.54) is 6.26 Å². The molecule has 8 heteroatoms. The molecule has 2 aromatic rings. The van der Waals surface area contributed by atoms with Gasteiger partial charge in [-0.3, -0.25) is 9.59 Å². The fourth-order valence-corrected chi connectivity index (χ4v) is 3.20. The molecule has 150 valence electrons. The third-order valence-corrected chi connectivity index (χ3v) is 4.87. The van der Waals surface area contributed by atoms with Gasteiger partial charge in [-0.15, -0.1) is 0 Å². The van der Waals surface area contributed by atoms with Crippen LogP contribution < -0.4 is 4.90 Å². The number of unbranched alkanes of at least 4 members (excludes halogenated alkanes) is 1. The first-order chi connectivity index (χ1) is 13.5. The number of carbonyl (C=O) groups is 2. The molecule has 28 heavy (non-hydrogen) atoms. The van der Waals surface area contributed by atoms with Crippen LogP contribution >= 0.6 is 0 Å². The van der Waals surface area contributed by atoms with Crippen molar-refractivity contribution in [3.05, 3.63) is 41.7 Å². The Hall–Kier alpha value is -2.90. The van der Waals surface area contributed by atoms with Crippen LogP contribution in [-0.4, -0.2) is 71.4 Å². The van der Waals surface area contributed by atoms with E-state index in [-0.39, 0.29) is 11.8 Å². The molecule has 0 unspecified atom stereocenters. The summed E-state index contributed by atoms with van der Waals surface area (Å²) >= 11 is 0. The Morgan fingerprint density at radius 3 is 2.43 bits per heavy atom. The van der Waals surface area contributed by atoms with Crippen LogP contribution in [0.25, 0.3) is 0 Å². The quantitative estimate of drug-likeness (QED) is 0.758. The van der Waals surface area contributed by atoms with E-state index in [4.69, 9.17) is 4.42 Å². The van der Waals surface area contributed by atoms with Gasteiger partial charge in [0, 0.05) is 45.8 Å². The molecule has 0 N–H and O–H groups in total. The minimum absolute atomic E-state index is 0.124. The van der Waals surface area contributed by atoms with Crippen LogP contribution in [0.15, 0.2) is 28.9 Å². The van der Waals surface area contributed by atoms with Gasteiger partial charge in [0.05, 0.1) is 6.26 Å². The van der Waals surface area contributed by atoms with Crippen molar-refractivity contribution < 1.29 is 14.0 Å². The summed E-state index contributed by atoms with van der Waals surface area (Å²) < 4.78 is 5.18. The van der Waals surface area contributed by atoms with Gasteiger partial charge in [0.2, 0.25) is 0 Å². The summed E-state index contributed by atoms with van der Waals surface area (Å²) in [7, 11) is 1.98. The van der Waals surface area contributed by atoms with Crippen LogP contribution in [0.3, 0.4) is 0 Å². The molecule has 2 aromatic heterocycles. The molecule has 0 atom stereocenters. The lowest BCUT2D eigenvalue weighted by atomic mass is 10.2. The van der Waals surface area contributed by atoms with Gasteiger partial charge in [-0.2, -0.15) is 0 Å². The first-order valence-corrected chi connectivity index (χ1v) is 9.68. The van der Waals surface area contributed by atoms with Gasteiger partial charge in [-0.05, 0) is 25.5 Å². The lowest BCUT2D eigenvalue weighted by Crippen LogP contribution is -2.50. The standard InChI is InChI=1S/C20H27N5O3/c1-4-5-8-23(3)18-14-16(21-15(2)22-18)19(26)24-9-11-25(12-10-24)20(27)17-7-6-13-28-17/h6-7,13-14H,4-5,8-12H2,1-3H3. The van der Waals surface area contributed by atoms with E-state index >= 15 is 0 Å². The summed E-state index contributed by atoms with van der Waals surface area (Å²) in [6.45, 7) is 6.70. The zero-order chi connectivity index (χ0) is 20.1. The lowest BCUT2D eigenvalue weighted by Gasteiger charge is -2.34. The minimum atomic E-state index is -0.144. The van der Waals surface area contributed by atoms with E-state index in [0.717, 1.165) is 25.2 Å². The van der Waals surface area contributed by atoms with E-state index in [1.54, 1.807) is 34.9 Å². The van der Waals surface area contributed by atoms with Crippen LogP contribution in [0.4, 0.5) is 5.82 Å². The van der Waals surface area contributed by atoms with Crippen molar-refractivity contribution in [3.63, 3.8) is 0 Å². The molecule has 2 amide bonds. The van der Waals surface area contributed by atoms with E-state index in [2.05, 4.69) is 21.8 Å². The van der Waals surface area contributed by atoms with Crippen molar-refractivity contribution >= 4 is 17.6 Å². The average Bonchev–Trinajstić information content (AvgIpc) is 3.25. The Kier molecular flexibility index (Phi) is 6.28. The maximum Gasteiger partial charge on any atom is 0.289 e. The monoisotopic (exact) mass is 385 g/mol. The number of rotatable bonds is 6. The van der Waals surface area contributed by atoms with Gasteiger partial charge in [0.25, 0.3) is 11.8 Å². The summed E-state index contributed by atoms with van der Waals surface area (Å²) in [5.41, 5.74) is 0.400. The molecule has 0 aromatic carbocycles. The smallest absolute Gasteiger partial charge is 0.289 e. The molecule has 1 aliphatic rings. The molecule has 8 nitrogen and oxygen atoms in total. The predicted molar refractivity (Wildman–Crippen MR) is 105 cm³/mol. The fraction of sp³-hybridized carbons (Fsp3) is 0.500. The summed E-state index contributed by atoms with van der Waals surface area (Å²) in [6.07, 6.45) is 3.65. The second-order valence-corrected chi connectivity index (χ2v) is 7.00. The summed E-state index contributed by atoms with van der Waals surface area (Å²) in [5, 5.41) is 0. The van der Waals surface area contributed by atoms with E-state index in [9.17, 15) is 9.59 Å². The normalized spacial score (nSPS) is 14.2. The van der Waals surface area contributed by atoms with Gasteiger partial charge in [0.1, 0.15) is 17.3 Å². The molecule has 3 rings (SSSR count). The van der Waals surface area contributed by atoms with Crippen molar-refractivity contribution in [2.24, 2.45) is 0 Å². The number of hydrogen-bond acceptors (Lipinski definition) is 6. The van der Waals surface area contributed by atoms with Crippen LogP contribution in [-0.2, 0) is 0 Å². The average molecular weight is 385 g/mol. The first kappa shape index (κ1) is 19.9. The maximum atomic E-state index is 12.9. The Morgan fingerprint density at radius 2 is 1.82 bits per heavy atom. The Labute approximate surface area is 165 Å². The molecule has 1 fully saturated rings. The minimum Gasteiger partial charge on any atom is -0.459 e. The predicted octanol–water partition coefficient (Wildman–Crippen LogP) is 2.21. The van der Waals surface area contributed by atoms with Gasteiger partial charge in [-0.25, -0.2) is 9.97 Å². The molecule has 0 radical (unpaired) electrons. The van der Waals surface area contributed by atoms with E-state index in [1.807, 2.05) is 7.05 Å². The van der Waals surface area contributed by atoms with Crippen molar-refractivity contribution in [1.29, 1.82) is 0 Å². The van der Waals surface area contributed by atoms with Crippen molar-refractivity contribution in [3.8, 4) is 0 Å². The van der Waals surface area contributed by atoms with E-state index in [0.29, 0.717) is 43.5 Å². The SMILES string of the molecule is CCCCN(C)c1cc(C(=O)N2CCN(C(=O)c3ccco3)CC2)nc(C)n1. The van der Waals surface area contributed by atoms with Crippen LogP contribution in [0.1, 0.15) is 46.6 Å². The number of aryl methyl sites for hydroxylation is 1. The fourth-order valence-electron chi connectivity index (χ4n) is 3.20. The Morgan fingerprint density at radius 1 is 1.14 bits per heavy atom. The first-order valence-electron chi connectivity index (χ1n) is 9.68.